The average Bonchev–Trinajstić information content (AvgIpc) is 2.65. The Labute approximate surface area is 165 Å². The van der Waals surface area contributed by atoms with Crippen molar-refractivity contribution in [3.63, 3.8) is 0 Å². The molecule has 0 radical (unpaired) electrons. The zero-order valence-electron chi connectivity index (χ0n) is 16.1. The Morgan fingerprint density at radius 1 is 1.14 bits per heavy atom. The minimum Gasteiger partial charge on any atom is -0.486 e. The van der Waals surface area contributed by atoms with Gasteiger partial charge >= 0.3 is 0 Å². The van der Waals surface area contributed by atoms with E-state index in [0.717, 1.165) is 21.7 Å². The van der Waals surface area contributed by atoms with Crippen LogP contribution in [0.5, 0.6) is 11.5 Å². The molecule has 3 rings (SSSR count). The summed E-state index contributed by atoms with van der Waals surface area (Å²) in [5.74, 6) is 0.884. The lowest BCUT2D eigenvalue weighted by Gasteiger charge is -2.27. The van der Waals surface area contributed by atoms with Crippen LogP contribution in [0.2, 0.25) is 0 Å². The maximum absolute atomic E-state index is 12.4. The van der Waals surface area contributed by atoms with Gasteiger partial charge in [-0.3, -0.25) is 9.10 Å². The number of carbonyl (C=O) groups is 1. The highest BCUT2D eigenvalue weighted by atomic mass is 32.2. The summed E-state index contributed by atoms with van der Waals surface area (Å²) < 4.78 is 36.9. The van der Waals surface area contributed by atoms with Gasteiger partial charge in [0.05, 0.1) is 18.5 Å². The third-order valence-corrected chi connectivity index (χ3v) is 5.70. The Morgan fingerprint density at radius 2 is 1.86 bits per heavy atom. The van der Waals surface area contributed by atoms with Crippen LogP contribution in [0.4, 0.5) is 5.69 Å². The number of ether oxygens (including phenoxy) is 2. The van der Waals surface area contributed by atoms with Gasteiger partial charge in [0.25, 0.3) is 0 Å². The van der Waals surface area contributed by atoms with Crippen LogP contribution in [-0.4, -0.2) is 46.4 Å². The van der Waals surface area contributed by atoms with Gasteiger partial charge in [-0.2, -0.15) is 0 Å². The summed E-state index contributed by atoms with van der Waals surface area (Å²) in [5.41, 5.74) is 2.47. The second-order valence-corrected chi connectivity index (χ2v) is 8.75. The zero-order chi connectivity index (χ0) is 20.3. The number of anilines is 1. The largest absolute Gasteiger partial charge is 0.486 e. The Morgan fingerprint density at radius 3 is 2.54 bits per heavy atom. The number of rotatable bonds is 6. The molecule has 150 valence electrons. The lowest BCUT2D eigenvalue weighted by molar-refractivity contribution is -0.120. The molecule has 2 aromatic carbocycles. The van der Waals surface area contributed by atoms with Crippen molar-refractivity contribution in [3.8, 4) is 11.5 Å². The van der Waals surface area contributed by atoms with Crippen molar-refractivity contribution in [2.24, 2.45) is 0 Å². The molecule has 28 heavy (non-hydrogen) atoms. The summed E-state index contributed by atoms with van der Waals surface area (Å²) in [6.07, 6.45) is 0.747. The Kier molecular flexibility index (Phi) is 5.79. The van der Waals surface area contributed by atoms with E-state index in [1.807, 2.05) is 38.1 Å². The number of sulfonamides is 1. The summed E-state index contributed by atoms with van der Waals surface area (Å²) in [6, 6.07) is 12.6. The van der Waals surface area contributed by atoms with Gasteiger partial charge in [-0.15, -0.1) is 0 Å². The van der Waals surface area contributed by atoms with Crippen LogP contribution >= 0.6 is 0 Å². The third kappa shape index (κ3) is 4.75. The highest BCUT2D eigenvalue weighted by Crippen LogP contribution is 2.30. The van der Waals surface area contributed by atoms with E-state index in [1.165, 1.54) is 0 Å². The second-order valence-electron chi connectivity index (χ2n) is 6.84. The predicted octanol–water partition coefficient (Wildman–Crippen LogP) is 2.03. The summed E-state index contributed by atoms with van der Waals surface area (Å²) in [5, 5.41) is 2.73. The molecule has 7 nitrogen and oxygen atoms in total. The molecule has 1 aliphatic heterocycles. The first-order valence-corrected chi connectivity index (χ1v) is 10.8. The van der Waals surface area contributed by atoms with Gasteiger partial charge in [0.2, 0.25) is 15.9 Å². The van der Waals surface area contributed by atoms with Crippen LogP contribution in [0, 0.1) is 13.8 Å². The molecule has 2 aromatic rings. The van der Waals surface area contributed by atoms with Gasteiger partial charge in [0.15, 0.2) is 11.5 Å². The molecule has 1 atom stereocenters. The molecular formula is C20H24N2O5S. The third-order valence-electron chi connectivity index (χ3n) is 4.56. The molecule has 0 bridgehead atoms. The maximum atomic E-state index is 12.4. The van der Waals surface area contributed by atoms with E-state index < -0.39 is 15.9 Å². The van der Waals surface area contributed by atoms with Gasteiger partial charge < -0.3 is 14.8 Å². The van der Waals surface area contributed by atoms with Crippen molar-refractivity contribution in [3.05, 3.63) is 53.6 Å². The fourth-order valence-electron chi connectivity index (χ4n) is 2.86. The van der Waals surface area contributed by atoms with Crippen LogP contribution in [0.1, 0.15) is 11.1 Å². The number of fused-ring (bicyclic) bond motifs is 1. The molecule has 1 aliphatic rings. The number of benzene rings is 2. The van der Waals surface area contributed by atoms with E-state index in [4.69, 9.17) is 9.47 Å². The fourth-order valence-corrected chi connectivity index (χ4v) is 3.71. The first-order valence-electron chi connectivity index (χ1n) is 8.94. The minimum atomic E-state index is -3.61. The predicted molar refractivity (Wildman–Crippen MR) is 107 cm³/mol. The van der Waals surface area contributed by atoms with Crippen LogP contribution in [0.15, 0.2) is 42.5 Å². The van der Waals surface area contributed by atoms with Crippen molar-refractivity contribution in [1.29, 1.82) is 0 Å². The number of amides is 1. The van der Waals surface area contributed by atoms with E-state index >= 15 is 0 Å². The number of hydrogen-bond acceptors (Lipinski definition) is 5. The number of aryl methyl sites for hydroxylation is 2. The Hall–Kier alpha value is -2.74. The molecule has 0 spiro atoms. The quantitative estimate of drug-likeness (QED) is 0.796. The Balaban J connectivity index is 1.62. The van der Waals surface area contributed by atoms with E-state index in [2.05, 4.69) is 5.32 Å². The van der Waals surface area contributed by atoms with Gasteiger partial charge in [0, 0.05) is 0 Å². The van der Waals surface area contributed by atoms with Gasteiger partial charge in [0.1, 0.15) is 19.3 Å². The number of hydrogen-bond donors (Lipinski definition) is 1. The van der Waals surface area contributed by atoms with Crippen molar-refractivity contribution >= 4 is 21.6 Å². The molecule has 0 aliphatic carbocycles. The zero-order valence-corrected chi connectivity index (χ0v) is 17.0. The molecule has 0 fully saturated rings. The number of para-hydroxylation sites is 2. The second kappa shape index (κ2) is 8.10. The molecule has 0 saturated carbocycles. The lowest BCUT2D eigenvalue weighted by Crippen LogP contribution is -2.45. The summed E-state index contributed by atoms with van der Waals surface area (Å²) in [6.45, 7) is 4.08. The first-order chi connectivity index (χ1) is 13.2. The van der Waals surface area contributed by atoms with Gasteiger partial charge in [-0.1, -0.05) is 18.2 Å². The minimum absolute atomic E-state index is 0.220. The summed E-state index contributed by atoms with van der Waals surface area (Å²) in [7, 11) is -3.61. The molecule has 8 heteroatoms. The van der Waals surface area contributed by atoms with Gasteiger partial charge in [-0.05, 0) is 49.2 Å². The number of nitrogens with one attached hydrogen (secondary N) is 1. The monoisotopic (exact) mass is 404 g/mol. The molecule has 1 N–H and O–H groups in total. The van der Waals surface area contributed by atoms with E-state index in [0.29, 0.717) is 23.8 Å². The summed E-state index contributed by atoms with van der Waals surface area (Å²) >= 11 is 0. The highest BCUT2D eigenvalue weighted by molar-refractivity contribution is 7.92. The van der Waals surface area contributed by atoms with E-state index in [-0.39, 0.29) is 19.2 Å². The number of carbonyl (C=O) groups excluding carboxylic acids is 1. The van der Waals surface area contributed by atoms with Crippen LogP contribution in [-0.2, 0) is 14.8 Å². The van der Waals surface area contributed by atoms with E-state index in [9.17, 15) is 13.2 Å². The SMILES string of the molecule is Cc1ccc(N(CC(=O)NC[C@H]2COc3ccccc3O2)S(C)(=O)=O)cc1C. The maximum Gasteiger partial charge on any atom is 0.240 e. The standard InChI is InChI=1S/C20H24N2O5S/c1-14-8-9-16(10-15(14)2)22(28(3,24)25)12-20(23)21-11-17-13-26-18-6-4-5-7-19(18)27-17/h4-10,17H,11-13H2,1-3H3,(H,21,23)/t17-/m0/s1. The van der Waals surface area contributed by atoms with Crippen LogP contribution in [0.25, 0.3) is 0 Å². The number of nitrogens with zero attached hydrogens (tertiary/aromatic N) is 1. The smallest absolute Gasteiger partial charge is 0.240 e. The molecule has 1 amide bonds. The Bertz CT molecular complexity index is 974. The molecular weight excluding hydrogens is 380 g/mol. The van der Waals surface area contributed by atoms with Crippen molar-refractivity contribution in [1.82, 2.24) is 5.32 Å². The summed E-state index contributed by atoms with van der Waals surface area (Å²) in [4.78, 5) is 12.4. The van der Waals surface area contributed by atoms with Crippen molar-refractivity contribution in [2.45, 2.75) is 20.0 Å². The van der Waals surface area contributed by atoms with Gasteiger partial charge in [-0.25, -0.2) is 8.42 Å². The molecule has 0 unspecified atom stereocenters. The lowest BCUT2D eigenvalue weighted by atomic mass is 10.1. The fraction of sp³-hybridized carbons (Fsp3) is 0.350. The van der Waals surface area contributed by atoms with Crippen LogP contribution < -0.4 is 19.1 Å². The topological polar surface area (TPSA) is 84.9 Å². The first kappa shape index (κ1) is 20.0. The highest BCUT2D eigenvalue weighted by Gasteiger charge is 2.24. The average molecular weight is 404 g/mol. The van der Waals surface area contributed by atoms with Crippen molar-refractivity contribution in [2.75, 3.05) is 30.3 Å². The molecule has 0 aromatic heterocycles. The van der Waals surface area contributed by atoms with E-state index in [1.54, 1.807) is 18.2 Å². The molecule has 1 heterocycles. The van der Waals surface area contributed by atoms with Crippen molar-refractivity contribution < 1.29 is 22.7 Å². The molecule has 0 saturated heterocycles. The normalized spacial score (nSPS) is 15.8. The van der Waals surface area contributed by atoms with Crippen LogP contribution in [0.3, 0.4) is 0 Å².